The Kier molecular flexibility index (Phi) is 4.39. The van der Waals surface area contributed by atoms with Gasteiger partial charge in [0.15, 0.2) is 0 Å². The smallest absolute Gasteiger partial charge is 0.146 e. The third-order valence-corrected chi connectivity index (χ3v) is 3.61. The van der Waals surface area contributed by atoms with Crippen LogP contribution in [0.3, 0.4) is 0 Å². The first kappa shape index (κ1) is 13.8. The molecule has 2 heterocycles. The van der Waals surface area contributed by atoms with Crippen LogP contribution in [0.15, 0.2) is 12.1 Å². The van der Waals surface area contributed by atoms with Gasteiger partial charge in [0.25, 0.3) is 0 Å². The lowest BCUT2D eigenvalue weighted by molar-refractivity contribution is 0.161. The summed E-state index contributed by atoms with van der Waals surface area (Å²) in [5.74, 6) is 1.13. The fraction of sp³-hybridized carbons (Fsp3) is 0.600. The van der Waals surface area contributed by atoms with E-state index in [9.17, 15) is 10.4 Å². The quantitative estimate of drug-likeness (QED) is 0.886. The average molecular weight is 259 g/mol. The number of hydrogen-bond donors (Lipinski definition) is 1. The lowest BCUT2D eigenvalue weighted by Crippen LogP contribution is -2.27. The van der Waals surface area contributed by atoms with Gasteiger partial charge in [0, 0.05) is 18.8 Å². The second kappa shape index (κ2) is 6.03. The first-order chi connectivity index (χ1) is 9.11. The van der Waals surface area contributed by atoms with Crippen LogP contribution >= 0.6 is 0 Å². The van der Waals surface area contributed by atoms with Crippen LogP contribution in [0.5, 0.6) is 0 Å². The Morgan fingerprint density at radius 2 is 2.16 bits per heavy atom. The van der Waals surface area contributed by atoms with Crippen molar-refractivity contribution in [1.82, 2.24) is 4.98 Å². The molecular weight excluding hydrogens is 238 g/mol. The zero-order chi connectivity index (χ0) is 13.8. The van der Waals surface area contributed by atoms with Gasteiger partial charge in [-0.2, -0.15) is 5.26 Å². The molecule has 1 aliphatic rings. The zero-order valence-electron chi connectivity index (χ0n) is 11.6. The van der Waals surface area contributed by atoms with E-state index in [0.717, 1.165) is 43.9 Å². The third kappa shape index (κ3) is 3.24. The van der Waals surface area contributed by atoms with E-state index >= 15 is 0 Å². The van der Waals surface area contributed by atoms with Gasteiger partial charge in [0.05, 0.1) is 11.7 Å². The first-order valence-electron chi connectivity index (χ1n) is 6.96. The molecule has 1 aliphatic heterocycles. The molecule has 1 N–H and O–H groups in total. The van der Waals surface area contributed by atoms with E-state index in [1.165, 1.54) is 0 Å². The SMILES string of the molecule is CC(C)c1ccc(C#N)c(N2CCC[C@@H](O)CC2)n1. The summed E-state index contributed by atoms with van der Waals surface area (Å²) in [6, 6.07) is 6.01. The fourth-order valence-corrected chi connectivity index (χ4v) is 2.40. The Morgan fingerprint density at radius 1 is 1.37 bits per heavy atom. The number of pyridine rings is 1. The number of nitrogens with zero attached hydrogens (tertiary/aromatic N) is 3. The minimum absolute atomic E-state index is 0.219. The van der Waals surface area contributed by atoms with Crippen LogP contribution in [0.4, 0.5) is 5.82 Å². The largest absolute Gasteiger partial charge is 0.393 e. The maximum absolute atomic E-state index is 9.71. The van der Waals surface area contributed by atoms with Gasteiger partial charge in [0.1, 0.15) is 11.9 Å². The van der Waals surface area contributed by atoms with E-state index in [1.54, 1.807) is 0 Å². The highest BCUT2D eigenvalue weighted by Crippen LogP contribution is 2.24. The zero-order valence-corrected chi connectivity index (χ0v) is 11.6. The Hall–Kier alpha value is -1.60. The molecule has 2 rings (SSSR count). The molecule has 0 saturated carbocycles. The second-order valence-corrected chi connectivity index (χ2v) is 5.45. The molecule has 1 aromatic rings. The molecule has 0 amide bonds. The number of nitriles is 1. The highest BCUT2D eigenvalue weighted by molar-refractivity contribution is 5.54. The van der Waals surface area contributed by atoms with E-state index in [4.69, 9.17) is 0 Å². The van der Waals surface area contributed by atoms with Gasteiger partial charge < -0.3 is 10.0 Å². The Morgan fingerprint density at radius 3 is 2.84 bits per heavy atom. The summed E-state index contributed by atoms with van der Waals surface area (Å²) in [5, 5.41) is 18.9. The van der Waals surface area contributed by atoms with Gasteiger partial charge in [-0.25, -0.2) is 4.98 Å². The standard InChI is InChI=1S/C15H21N3O/c1-11(2)14-6-5-12(10-16)15(17-14)18-8-3-4-13(19)7-9-18/h5-6,11,13,19H,3-4,7-9H2,1-2H3/t13-/m1/s1. The molecule has 0 aliphatic carbocycles. The van der Waals surface area contributed by atoms with Gasteiger partial charge >= 0.3 is 0 Å². The summed E-state index contributed by atoms with van der Waals surface area (Å²) < 4.78 is 0. The van der Waals surface area contributed by atoms with Crippen molar-refractivity contribution >= 4 is 5.82 Å². The first-order valence-corrected chi connectivity index (χ1v) is 6.96. The predicted octanol–water partition coefficient (Wildman–Crippen LogP) is 2.43. The monoisotopic (exact) mass is 259 g/mol. The normalized spacial score (nSPS) is 20.2. The van der Waals surface area contributed by atoms with Gasteiger partial charge in [-0.15, -0.1) is 0 Å². The van der Waals surface area contributed by atoms with E-state index in [2.05, 4.69) is 29.8 Å². The molecule has 1 fully saturated rings. The van der Waals surface area contributed by atoms with Crippen molar-refractivity contribution in [1.29, 1.82) is 5.26 Å². The summed E-state index contributed by atoms with van der Waals surface area (Å²) in [6.45, 7) is 5.83. The summed E-state index contributed by atoms with van der Waals surface area (Å²) in [4.78, 5) is 6.79. The Bertz CT molecular complexity index is 479. The topological polar surface area (TPSA) is 60.2 Å². The van der Waals surface area contributed by atoms with Crippen molar-refractivity contribution in [3.05, 3.63) is 23.4 Å². The summed E-state index contributed by atoms with van der Waals surface area (Å²) >= 11 is 0. The number of aliphatic hydroxyl groups is 1. The molecule has 1 aromatic heterocycles. The number of hydrogen-bond acceptors (Lipinski definition) is 4. The molecule has 4 nitrogen and oxygen atoms in total. The van der Waals surface area contributed by atoms with Crippen LogP contribution in [0.2, 0.25) is 0 Å². The van der Waals surface area contributed by atoms with E-state index < -0.39 is 0 Å². The molecule has 0 unspecified atom stereocenters. The fourth-order valence-electron chi connectivity index (χ4n) is 2.40. The molecular formula is C15H21N3O. The predicted molar refractivity (Wildman–Crippen MR) is 75.1 cm³/mol. The maximum atomic E-state index is 9.71. The van der Waals surface area contributed by atoms with Crippen molar-refractivity contribution in [2.24, 2.45) is 0 Å². The van der Waals surface area contributed by atoms with E-state index in [1.807, 2.05) is 12.1 Å². The molecule has 102 valence electrons. The average Bonchev–Trinajstić information content (AvgIpc) is 2.62. The van der Waals surface area contributed by atoms with Crippen LogP contribution < -0.4 is 4.90 Å². The molecule has 1 saturated heterocycles. The van der Waals surface area contributed by atoms with Crippen LogP contribution in [0.25, 0.3) is 0 Å². The van der Waals surface area contributed by atoms with Gasteiger partial charge in [0.2, 0.25) is 0 Å². The van der Waals surface area contributed by atoms with Gasteiger partial charge in [-0.3, -0.25) is 0 Å². The Labute approximate surface area is 114 Å². The number of rotatable bonds is 2. The summed E-state index contributed by atoms with van der Waals surface area (Å²) in [6.07, 6.45) is 2.31. The number of anilines is 1. The molecule has 0 aromatic carbocycles. The highest BCUT2D eigenvalue weighted by atomic mass is 16.3. The van der Waals surface area contributed by atoms with Gasteiger partial charge in [-0.05, 0) is 37.3 Å². The molecule has 0 bridgehead atoms. The number of aromatic nitrogens is 1. The van der Waals surface area contributed by atoms with Crippen molar-refractivity contribution < 1.29 is 5.11 Å². The van der Waals surface area contributed by atoms with Crippen LogP contribution in [-0.4, -0.2) is 29.3 Å². The van der Waals surface area contributed by atoms with Crippen molar-refractivity contribution in [3.63, 3.8) is 0 Å². The molecule has 19 heavy (non-hydrogen) atoms. The molecule has 4 heteroatoms. The van der Waals surface area contributed by atoms with Crippen molar-refractivity contribution in [3.8, 4) is 6.07 Å². The Balaban J connectivity index is 2.31. The summed E-state index contributed by atoms with van der Waals surface area (Å²) in [7, 11) is 0. The van der Waals surface area contributed by atoms with E-state index in [-0.39, 0.29) is 6.10 Å². The van der Waals surface area contributed by atoms with Crippen molar-refractivity contribution in [2.75, 3.05) is 18.0 Å². The number of aliphatic hydroxyl groups excluding tert-OH is 1. The van der Waals surface area contributed by atoms with Crippen LogP contribution in [0, 0.1) is 11.3 Å². The van der Waals surface area contributed by atoms with Crippen LogP contribution in [-0.2, 0) is 0 Å². The molecule has 0 spiro atoms. The third-order valence-electron chi connectivity index (χ3n) is 3.61. The molecule has 1 atom stereocenters. The molecule has 0 radical (unpaired) electrons. The highest BCUT2D eigenvalue weighted by Gasteiger charge is 2.19. The maximum Gasteiger partial charge on any atom is 0.146 e. The lowest BCUT2D eigenvalue weighted by atomic mass is 10.1. The minimum atomic E-state index is -0.219. The minimum Gasteiger partial charge on any atom is -0.393 e. The van der Waals surface area contributed by atoms with Gasteiger partial charge in [-0.1, -0.05) is 13.8 Å². The lowest BCUT2D eigenvalue weighted by Gasteiger charge is -2.23. The second-order valence-electron chi connectivity index (χ2n) is 5.45. The summed E-state index contributed by atoms with van der Waals surface area (Å²) in [5.41, 5.74) is 1.64. The van der Waals surface area contributed by atoms with Crippen LogP contribution in [0.1, 0.15) is 50.3 Å². The van der Waals surface area contributed by atoms with E-state index in [0.29, 0.717) is 11.5 Å². The van der Waals surface area contributed by atoms with Crippen molar-refractivity contribution in [2.45, 2.75) is 45.1 Å².